The molecule has 0 radical (unpaired) electrons. The van der Waals surface area contributed by atoms with Gasteiger partial charge in [0, 0.05) is 42.7 Å². The Bertz CT molecular complexity index is 1550. The number of halogens is 7. The normalized spacial score (nSPS) is 15.8. The van der Waals surface area contributed by atoms with E-state index in [2.05, 4.69) is 20.4 Å². The van der Waals surface area contributed by atoms with Crippen molar-refractivity contribution >= 4 is 23.2 Å². The summed E-state index contributed by atoms with van der Waals surface area (Å²) in [6, 6.07) is 8.95. The quantitative estimate of drug-likeness (QED) is 0.216. The molecular weight excluding hydrogens is 584 g/mol. The van der Waals surface area contributed by atoms with Crippen LogP contribution in [0.2, 0.25) is 5.02 Å². The highest BCUT2D eigenvalue weighted by atomic mass is 35.5. The summed E-state index contributed by atoms with van der Waals surface area (Å²) >= 11 is 6.08. The van der Waals surface area contributed by atoms with Crippen molar-refractivity contribution in [2.75, 3.05) is 16.3 Å². The molecule has 0 aliphatic carbocycles. The Morgan fingerprint density at radius 1 is 0.976 bits per heavy atom. The third-order valence-corrected chi connectivity index (χ3v) is 7.39. The molecule has 0 saturated heterocycles. The van der Waals surface area contributed by atoms with Crippen LogP contribution < -0.4 is 9.80 Å². The zero-order chi connectivity index (χ0) is 30.2. The van der Waals surface area contributed by atoms with Crippen LogP contribution in [0.15, 0.2) is 54.9 Å². The number of aryl methyl sites for hydroxylation is 2. The molecule has 0 bridgehead atoms. The van der Waals surface area contributed by atoms with Crippen LogP contribution in [0.5, 0.6) is 0 Å². The molecule has 1 aliphatic heterocycles. The first-order chi connectivity index (χ1) is 19.8. The lowest BCUT2D eigenvalue weighted by atomic mass is 9.94. The second-order valence-corrected chi connectivity index (χ2v) is 10.6. The first-order valence-corrected chi connectivity index (χ1v) is 13.4. The molecule has 5 rings (SSSR count). The number of nitrogens with zero attached hydrogens (tertiary/aromatic N) is 7. The number of alkyl halides is 6. The number of rotatable bonds is 6. The largest absolute Gasteiger partial charge is 0.416 e. The number of fused-ring (bicyclic) bond motifs is 1. The lowest BCUT2D eigenvalue weighted by Gasteiger charge is -2.33. The highest BCUT2D eigenvalue weighted by Crippen LogP contribution is 2.44. The average molecular weight is 610 g/mol. The minimum Gasteiger partial charge on any atom is -0.367 e. The first kappa shape index (κ1) is 29.6. The molecule has 0 amide bonds. The molecule has 7 nitrogen and oxygen atoms in total. The minimum atomic E-state index is -4.62. The van der Waals surface area contributed by atoms with Gasteiger partial charge in [0.2, 0.25) is 0 Å². The number of hydrogen-bond donors (Lipinski definition) is 0. The summed E-state index contributed by atoms with van der Waals surface area (Å²) in [7, 11) is 1.55. The molecule has 0 fully saturated rings. The predicted octanol–water partition coefficient (Wildman–Crippen LogP) is 7.15. The Hall–Kier alpha value is -3.87. The summed E-state index contributed by atoms with van der Waals surface area (Å²) in [5, 5.41) is 12.2. The molecule has 2 aromatic heterocycles. The zero-order valence-corrected chi connectivity index (χ0v) is 23.3. The molecule has 4 aromatic rings. The van der Waals surface area contributed by atoms with Gasteiger partial charge in [-0.25, -0.2) is 0 Å². The van der Waals surface area contributed by atoms with Gasteiger partial charge in [-0.05, 0) is 83.6 Å². The van der Waals surface area contributed by atoms with Gasteiger partial charge < -0.3 is 9.80 Å². The van der Waals surface area contributed by atoms with Crippen molar-refractivity contribution < 1.29 is 26.3 Å². The highest BCUT2D eigenvalue weighted by molar-refractivity contribution is 6.30. The zero-order valence-electron chi connectivity index (χ0n) is 22.6. The highest BCUT2D eigenvalue weighted by Gasteiger charge is 2.37. The molecular formula is C28H26ClF6N7. The topological polar surface area (TPSA) is 63.0 Å². The van der Waals surface area contributed by atoms with Crippen molar-refractivity contribution in [1.82, 2.24) is 25.2 Å². The van der Waals surface area contributed by atoms with Crippen molar-refractivity contribution in [3.63, 3.8) is 0 Å². The van der Waals surface area contributed by atoms with Gasteiger partial charge >= 0.3 is 12.4 Å². The van der Waals surface area contributed by atoms with Crippen LogP contribution in [0, 0.1) is 6.92 Å². The van der Waals surface area contributed by atoms with Crippen molar-refractivity contribution in [3.05, 3.63) is 93.3 Å². The Morgan fingerprint density at radius 2 is 1.71 bits per heavy atom. The molecule has 0 saturated carbocycles. The molecule has 1 unspecified atom stereocenters. The van der Waals surface area contributed by atoms with E-state index < -0.39 is 29.5 Å². The fourth-order valence-electron chi connectivity index (χ4n) is 5.32. The summed E-state index contributed by atoms with van der Waals surface area (Å²) in [5.41, 5.74) is 0.440. The van der Waals surface area contributed by atoms with E-state index >= 15 is 0 Å². The van der Waals surface area contributed by atoms with Gasteiger partial charge in [0.1, 0.15) is 0 Å². The maximum atomic E-state index is 14.1. The number of hydrogen-bond acceptors (Lipinski definition) is 6. The second kappa shape index (κ2) is 11.4. The number of anilines is 2. The summed E-state index contributed by atoms with van der Waals surface area (Å²) in [6.07, 6.45) is -4.92. The van der Waals surface area contributed by atoms with E-state index in [1.54, 1.807) is 36.5 Å². The summed E-state index contributed by atoms with van der Waals surface area (Å²) in [6.45, 7) is 2.10. The lowest BCUT2D eigenvalue weighted by Crippen LogP contribution is -2.30. The van der Waals surface area contributed by atoms with Crippen LogP contribution in [-0.2, 0) is 32.5 Å². The fourth-order valence-corrected chi connectivity index (χ4v) is 5.58. The van der Waals surface area contributed by atoms with Gasteiger partial charge in [-0.3, -0.25) is 4.98 Å². The first-order valence-electron chi connectivity index (χ1n) is 13.0. The molecule has 3 heterocycles. The third-order valence-electron chi connectivity index (χ3n) is 7.18. The van der Waals surface area contributed by atoms with Crippen LogP contribution in [-0.4, -0.2) is 31.7 Å². The summed E-state index contributed by atoms with van der Waals surface area (Å²) < 4.78 is 83.1. The molecule has 14 heteroatoms. The van der Waals surface area contributed by atoms with Crippen LogP contribution in [0.25, 0.3) is 0 Å². The van der Waals surface area contributed by atoms with Crippen molar-refractivity contribution in [1.29, 1.82) is 0 Å². The van der Waals surface area contributed by atoms with E-state index in [0.717, 1.165) is 23.8 Å². The van der Waals surface area contributed by atoms with Gasteiger partial charge in [-0.2, -0.15) is 31.1 Å². The van der Waals surface area contributed by atoms with Crippen molar-refractivity contribution in [2.24, 2.45) is 7.05 Å². The van der Waals surface area contributed by atoms with Crippen LogP contribution in [0.1, 0.15) is 52.3 Å². The molecule has 222 valence electrons. The second-order valence-electron chi connectivity index (χ2n) is 10.2. The summed E-state index contributed by atoms with van der Waals surface area (Å²) in [5.74, 6) is 0.127. The fraction of sp³-hybridized carbons (Fsp3) is 0.357. The Balaban J connectivity index is 1.64. The minimum absolute atomic E-state index is 0.0335. The van der Waals surface area contributed by atoms with Gasteiger partial charge in [-0.15, -0.1) is 5.10 Å². The Labute approximate surface area is 242 Å². The average Bonchev–Trinajstić information content (AvgIpc) is 3.26. The van der Waals surface area contributed by atoms with Crippen molar-refractivity contribution in [2.45, 2.75) is 51.2 Å². The standard InChI is InChI=1S/C28H26ClF6N7/c1-17-10-22-24(4-3-9-41(15-18-5-7-36-8-6-18)25(22)14-23(17)28(33,34)35)42(26-37-39-40(2)38-26)16-19-11-20(27(30,31)32)13-21(29)12-19/h5-8,10-14,24H,3-4,9,15-16H2,1-2H3. The lowest BCUT2D eigenvalue weighted by molar-refractivity contribution is -0.138. The monoisotopic (exact) mass is 609 g/mol. The van der Waals surface area contributed by atoms with E-state index in [1.807, 2.05) is 4.90 Å². The van der Waals surface area contributed by atoms with E-state index in [-0.39, 0.29) is 28.6 Å². The number of aromatic nitrogens is 5. The van der Waals surface area contributed by atoms with Gasteiger partial charge in [0.05, 0.1) is 24.2 Å². The molecule has 1 atom stereocenters. The van der Waals surface area contributed by atoms with Crippen LogP contribution >= 0.6 is 11.6 Å². The maximum Gasteiger partial charge on any atom is 0.416 e. The smallest absolute Gasteiger partial charge is 0.367 e. The van der Waals surface area contributed by atoms with Gasteiger partial charge in [0.15, 0.2) is 0 Å². The van der Waals surface area contributed by atoms with E-state index in [0.29, 0.717) is 37.2 Å². The van der Waals surface area contributed by atoms with Crippen LogP contribution in [0.4, 0.5) is 38.0 Å². The third kappa shape index (κ3) is 6.45. The van der Waals surface area contributed by atoms with Gasteiger partial charge in [-0.1, -0.05) is 22.8 Å². The van der Waals surface area contributed by atoms with E-state index in [9.17, 15) is 26.3 Å². The SMILES string of the molecule is Cc1cc2c(cc1C(F)(F)F)N(Cc1ccncc1)CCCC2N(Cc1cc(Cl)cc(C(F)(F)F)c1)c1nnn(C)n1. The molecule has 0 spiro atoms. The molecule has 42 heavy (non-hydrogen) atoms. The number of pyridine rings is 1. The predicted molar refractivity (Wildman–Crippen MR) is 145 cm³/mol. The van der Waals surface area contributed by atoms with Crippen molar-refractivity contribution in [3.8, 4) is 0 Å². The Morgan fingerprint density at radius 3 is 2.36 bits per heavy atom. The molecule has 2 aromatic carbocycles. The van der Waals surface area contributed by atoms with E-state index in [4.69, 9.17) is 11.6 Å². The van der Waals surface area contributed by atoms with E-state index in [1.165, 1.54) is 23.9 Å². The van der Waals surface area contributed by atoms with Gasteiger partial charge in [0.25, 0.3) is 5.95 Å². The Kier molecular flexibility index (Phi) is 8.06. The molecule has 0 N–H and O–H groups in total. The molecule has 1 aliphatic rings. The number of tetrazole rings is 1. The maximum absolute atomic E-state index is 14.1. The number of benzene rings is 2. The van der Waals surface area contributed by atoms with Crippen LogP contribution in [0.3, 0.4) is 0 Å². The summed E-state index contributed by atoms with van der Waals surface area (Å²) in [4.78, 5) is 8.81.